The topological polar surface area (TPSA) is 127 Å². The van der Waals surface area contributed by atoms with Crippen molar-refractivity contribution in [2.75, 3.05) is 57.2 Å². The molecule has 0 aliphatic carbocycles. The number of piperidine rings is 1. The standard InChI is InChI=1S/C26H31N5O6S/c1-3-36-25(32)30-11-8-26(9-12-30,38(2,33)34)22-21-24(31-13-14-35-15-17(31)16-37-21)29-23(28-22)19-5-4-6-20-18(19)7-10-27-20/h4-7,10,17,27H,3,8-9,11-16H2,1-2H3. The molecule has 2 saturated heterocycles. The molecule has 0 radical (unpaired) electrons. The Kier molecular flexibility index (Phi) is 6.18. The third kappa shape index (κ3) is 3.97. The Bertz CT molecular complexity index is 1480. The minimum atomic E-state index is -3.69. The zero-order valence-electron chi connectivity index (χ0n) is 21.5. The van der Waals surface area contributed by atoms with Gasteiger partial charge in [-0.05, 0) is 31.9 Å². The highest BCUT2D eigenvalue weighted by atomic mass is 32.2. The Morgan fingerprint density at radius 1 is 1.18 bits per heavy atom. The van der Waals surface area contributed by atoms with Gasteiger partial charge in [0.15, 0.2) is 27.2 Å². The number of morpholine rings is 1. The molecule has 3 aliphatic heterocycles. The lowest BCUT2D eigenvalue weighted by Crippen LogP contribution is -2.53. The van der Waals surface area contributed by atoms with Gasteiger partial charge in [-0.1, -0.05) is 12.1 Å². The number of likely N-dealkylation sites (tertiary alicyclic amines) is 1. The van der Waals surface area contributed by atoms with E-state index in [9.17, 15) is 13.2 Å². The van der Waals surface area contributed by atoms with Crippen LogP contribution >= 0.6 is 0 Å². The molecular weight excluding hydrogens is 510 g/mol. The molecule has 1 unspecified atom stereocenters. The maximum Gasteiger partial charge on any atom is 0.409 e. The average Bonchev–Trinajstić information content (AvgIpc) is 3.41. The molecule has 1 amide bonds. The summed E-state index contributed by atoms with van der Waals surface area (Å²) in [5.41, 5.74) is 2.10. The molecule has 0 saturated carbocycles. The number of hydrogen-bond acceptors (Lipinski definition) is 9. The number of sulfone groups is 1. The van der Waals surface area contributed by atoms with E-state index in [0.29, 0.717) is 49.5 Å². The molecule has 202 valence electrons. The highest BCUT2D eigenvalue weighted by Crippen LogP contribution is 2.48. The van der Waals surface area contributed by atoms with Crippen LogP contribution in [0, 0.1) is 0 Å². The Morgan fingerprint density at radius 2 is 2.00 bits per heavy atom. The summed E-state index contributed by atoms with van der Waals surface area (Å²) in [7, 11) is -3.69. The number of aromatic amines is 1. The van der Waals surface area contributed by atoms with E-state index >= 15 is 0 Å². The molecule has 3 aliphatic rings. The summed E-state index contributed by atoms with van der Waals surface area (Å²) < 4.78 is 43.0. The molecule has 2 fully saturated rings. The number of carbonyl (C=O) groups excluding carboxylic acids is 1. The first kappa shape index (κ1) is 24.9. The van der Waals surface area contributed by atoms with Gasteiger partial charge in [-0.2, -0.15) is 0 Å². The van der Waals surface area contributed by atoms with Crippen LogP contribution in [0.4, 0.5) is 10.6 Å². The van der Waals surface area contributed by atoms with Crippen molar-refractivity contribution in [3.63, 3.8) is 0 Å². The maximum atomic E-state index is 13.6. The third-order valence-corrected chi connectivity index (χ3v) is 9.86. The number of carbonyl (C=O) groups is 1. The number of ether oxygens (including phenoxy) is 3. The van der Waals surface area contributed by atoms with Gasteiger partial charge in [0.05, 0.1) is 25.9 Å². The summed E-state index contributed by atoms with van der Waals surface area (Å²) in [4.78, 5) is 29.3. The van der Waals surface area contributed by atoms with Crippen LogP contribution in [0.25, 0.3) is 22.3 Å². The summed E-state index contributed by atoms with van der Waals surface area (Å²) in [5, 5.41) is 0.944. The van der Waals surface area contributed by atoms with Crippen LogP contribution < -0.4 is 9.64 Å². The van der Waals surface area contributed by atoms with E-state index in [1.165, 1.54) is 6.26 Å². The first-order chi connectivity index (χ1) is 18.3. The number of H-pyrrole nitrogens is 1. The number of nitrogens with zero attached hydrogens (tertiary/aromatic N) is 4. The third-order valence-electron chi connectivity index (χ3n) is 7.84. The normalized spacial score (nSPS) is 20.9. The van der Waals surface area contributed by atoms with Crippen LogP contribution in [0.5, 0.6) is 5.75 Å². The van der Waals surface area contributed by atoms with Crippen LogP contribution in [0.1, 0.15) is 25.5 Å². The van der Waals surface area contributed by atoms with Gasteiger partial charge in [0, 0.05) is 48.6 Å². The fourth-order valence-electron chi connectivity index (χ4n) is 5.78. The number of rotatable bonds is 4. The lowest BCUT2D eigenvalue weighted by atomic mass is 9.90. The number of aromatic nitrogens is 3. The highest BCUT2D eigenvalue weighted by molar-refractivity contribution is 7.91. The SMILES string of the molecule is CCOC(=O)N1CCC(c2nc(-c3cccc4[nH]ccc34)nc3c2OCC2COCCN32)(S(C)(=O)=O)CC1. The van der Waals surface area contributed by atoms with Crippen molar-refractivity contribution in [2.24, 2.45) is 0 Å². The van der Waals surface area contributed by atoms with Gasteiger partial charge in [0.2, 0.25) is 0 Å². The summed E-state index contributed by atoms with van der Waals surface area (Å²) in [6, 6.07) is 7.79. The minimum absolute atomic E-state index is 0.0188. The molecule has 12 heteroatoms. The van der Waals surface area contributed by atoms with Crippen molar-refractivity contribution in [2.45, 2.75) is 30.6 Å². The second-order valence-electron chi connectivity index (χ2n) is 9.98. The molecule has 6 rings (SSSR count). The first-order valence-corrected chi connectivity index (χ1v) is 14.8. The lowest BCUT2D eigenvalue weighted by Gasteiger charge is -2.44. The predicted octanol–water partition coefficient (Wildman–Crippen LogP) is 2.71. The van der Waals surface area contributed by atoms with E-state index in [1.807, 2.05) is 30.5 Å². The second kappa shape index (κ2) is 9.42. The molecule has 11 nitrogen and oxygen atoms in total. The minimum Gasteiger partial charge on any atom is -0.486 e. The molecule has 5 heterocycles. The van der Waals surface area contributed by atoms with Crippen molar-refractivity contribution < 1.29 is 27.4 Å². The summed E-state index contributed by atoms with van der Waals surface area (Å²) >= 11 is 0. The fraction of sp³-hybridized carbons (Fsp3) is 0.500. The van der Waals surface area contributed by atoms with Gasteiger partial charge in [-0.25, -0.2) is 23.2 Å². The number of fused-ring (bicyclic) bond motifs is 4. The van der Waals surface area contributed by atoms with E-state index in [0.717, 1.165) is 16.5 Å². The van der Waals surface area contributed by atoms with E-state index < -0.39 is 20.7 Å². The van der Waals surface area contributed by atoms with Crippen molar-refractivity contribution in [1.29, 1.82) is 0 Å². The molecule has 0 bridgehead atoms. The number of nitrogens with one attached hydrogen (secondary N) is 1. The van der Waals surface area contributed by atoms with Crippen molar-refractivity contribution >= 4 is 32.7 Å². The molecule has 1 atom stereocenters. The Balaban J connectivity index is 1.54. The summed E-state index contributed by atoms with van der Waals surface area (Å²) in [6.07, 6.45) is 3.02. The van der Waals surface area contributed by atoms with Crippen LogP contribution in [-0.2, 0) is 24.1 Å². The van der Waals surface area contributed by atoms with Gasteiger partial charge < -0.3 is 29.0 Å². The second-order valence-corrected chi connectivity index (χ2v) is 12.3. The zero-order valence-corrected chi connectivity index (χ0v) is 22.3. The maximum absolute atomic E-state index is 13.6. The quantitative estimate of drug-likeness (QED) is 0.530. The smallest absolute Gasteiger partial charge is 0.409 e. The van der Waals surface area contributed by atoms with E-state index in [2.05, 4.69) is 9.88 Å². The van der Waals surface area contributed by atoms with E-state index in [4.69, 9.17) is 24.2 Å². The summed E-state index contributed by atoms with van der Waals surface area (Å²) in [5.74, 6) is 1.44. The van der Waals surface area contributed by atoms with Crippen LogP contribution in [0.2, 0.25) is 0 Å². The van der Waals surface area contributed by atoms with Crippen molar-refractivity contribution in [1.82, 2.24) is 19.9 Å². The molecule has 3 aromatic rings. The van der Waals surface area contributed by atoms with Crippen LogP contribution in [-0.4, -0.2) is 92.7 Å². The monoisotopic (exact) mass is 541 g/mol. The molecule has 2 aromatic heterocycles. The number of hydrogen-bond donors (Lipinski definition) is 1. The van der Waals surface area contributed by atoms with Gasteiger partial charge in [0.25, 0.3) is 0 Å². The Labute approximate surface area is 221 Å². The highest BCUT2D eigenvalue weighted by Gasteiger charge is 2.51. The predicted molar refractivity (Wildman–Crippen MR) is 141 cm³/mol. The largest absolute Gasteiger partial charge is 0.486 e. The van der Waals surface area contributed by atoms with E-state index in [-0.39, 0.29) is 38.6 Å². The average molecular weight is 542 g/mol. The number of benzene rings is 1. The van der Waals surface area contributed by atoms with E-state index in [1.54, 1.807) is 11.8 Å². The number of anilines is 1. The molecular formula is C26H31N5O6S. The Hall–Kier alpha value is -3.38. The van der Waals surface area contributed by atoms with Gasteiger partial charge in [-0.15, -0.1) is 0 Å². The Morgan fingerprint density at radius 3 is 2.76 bits per heavy atom. The molecule has 0 spiro atoms. The molecule has 1 N–H and O–H groups in total. The first-order valence-electron chi connectivity index (χ1n) is 12.9. The van der Waals surface area contributed by atoms with Crippen molar-refractivity contribution in [3.05, 3.63) is 36.2 Å². The lowest BCUT2D eigenvalue weighted by molar-refractivity contribution is 0.0685. The number of amides is 1. The molecule has 38 heavy (non-hydrogen) atoms. The van der Waals surface area contributed by atoms with Crippen LogP contribution in [0.15, 0.2) is 30.5 Å². The van der Waals surface area contributed by atoms with Gasteiger partial charge >= 0.3 is 6.09 Å². The zero-order chi connectivity index (χ0) is 26.5. The molecule has 1 aromatic carbocycles. The van der Waals surface area contributed by atoms with Crippen molar-refractivity contribution in [3.8, 4) is 17.1 Å². The van der Waals surface area contributed by atoms with Crippen LogP contribution in [0.3, 0.4) is 0 Å². The van der Waals surface area contributed by atoms with Gasteiger partial charge in [0.1, 0.15) is 17.0 Å². The fourth-order valence-corrected chi connectivity index (χ4v) is 7.19. The summed E-state index contributed by atoms with van der Waals surface area (Å²) in [6.45, 7) is 4.49. The van der Waals surface area contributed by atoms with Gasteiger partial charge in [-0.3, -0.25) is 0 Å².